The van der Waals surface area contributed by atoms with Gasteiger partial charge in [-0.3, -0.25) is 0 Å². The summed E-state index contributed by atoms with van der Waals surface area (Å²) < 4.78 is 4.68. The maximum absolute atomic E-state index is 11.6. The number of carbonyl (C=O) groups is 1. The average Bonchev–Trinajstić information content (AvgIpc) is 2.99. The van der Waals surface area contributed by atoms with Crippen molar-refractivity contribution in [3.63, 3.8) is 0 Å². The van der Waals surface area contributed by atoms with Gasteiger partial charge in [-0.1, -0.05) is 6.07 Å². The molecule has 0 aliphatic heterocycles. The number of hydrogen-bond donors (Lipinski definition) is 1. The van der Waals surface area contributed by atoms with Gasteiger partial charge in [-0.25, -0.2) is 9.78 Å². The van der Waals surface area contributed by atoms with Crippen LogP contribution in [0, 0.1) is 0 Å². The highest BCUT2D eigenvalue weighted by molar-refractivity contribution is 7.10. The Hall–Kier alpha value is -2.08. The van der Waals surface area contributed by atoms with E-state index in [-0.39, 0.29) is 11.7 Å². The summed E-state index contributed by atoms with van der Waals surface area (Å²) in [7, 11) is 3.24. The first-order valence-corrected chi connectivity index (χ1v) is 7.03. The first kappa shape index (κ1) is 14.3. The summed E-state index contributed by atoms with van der Waals surface area (Å²) in [6.07, 6.45) is 0. The number of nitrogens with zero attached hydrogens (tertiary/aromatic N) is 2. The van der Waals surface area contributed by atoms with Crippen molar-refractivity contribution in [1.29, 1.82) is 0 Å². The van der Waals surface area contributed by atoms with Crippen molar-refractivity contribution in [3.8, 4) is 0 Å². The summed E-state index contributed by atoms with van der Waals surface area (Å²) in [5.41, 5.74) is 6.75. The van der Waals surface area contributed by atoms with Gasteiger partial charge in [0.2, 0.25) is 0 Å². The zero-order chi connectivity index (χ0) is 14.7. The van der Waals surface area contributed by atoms with Crippen LogP contribution in [0.4, 0.5) is 11.5 Å². The Kier molecular flexibility index (Phi) is 4.24. The van der Waals surface area contributed by atoms with Crippen LogP contribution in [0.25, 0.3) is 0 Å². The number of ether oxygens (including phenoxy) is 1. The van der Waals surface area contributed by atoms with Gasteiger partial charge >= 0.3 is 5.97 Å². The van der Waals surface area contributed by atoms with E-state index in [1.807, 2.05) is 23.4 Å². The van der Waals surface area contributed by atoms with E-state index < -0.39 is 5.97 Å². The highest BCUT2D eigenvalue weighted by Gasteiger charge is 2.18. The summed E-state index contributed by atoms with van der Waals surface area (Å²) in [5.74, 6) is 0.109. The number of carbonyl (C=O) groups excluding carboxylic acids is 1. The second-order valence-electron chi connectivity index (χ2n) is 4.40. The van der Waals surface area contributed by atoms with Crippen LogP contribution >= 0.6 is 11.3 Å². The van der Waals surface area contributed by atoms with Gasteiger partial charge in [-0.15, -0.1) is 11.3 Å². The molecule has 2 aromatic rings. The first-order valence-electron chi connectivity index (χ1n) is 6.15. The second kappa shape index (κ2) is 5.92. The van der Waals surface area contributed by atoms with Crippen molar-refractivity contribution in [2.75, 3.05) is 24.8 Å². The molecule has 2 N–H and O–H groups in total. The molecule has 0 radical (unpaired) electrons. The van der Waals surface area contributed by atoms with Gasteiger partial charge in [-0.05, 0) is 30.5 Å². The molecule has 0 saturated carbocycles. The normalized spacial score (nSPS) is 11.9. The summed E-state index contributed by atoms with van der Waals surface area (Å²) in [5, 5.41) is 2.03. The number of anilines is 2. The number of methoxy groups -OCH3 is 1. The molecule has 20 heavy (non-hydrogen) atoms. The van der Waals surface area contributed by atoms with E-state index in [0.717, 1.165) is 0 Å². The largest absolute Gasteiger partial charge is 0.464 e. The third-order valence-corrected chi connectivity index (χ3v) is 4.21. The Morgan fingerprint density at radius 3 is 2.80 bits per heavy atom. The Bertz CT molecular complexity index is 598. The van der Waals surface area contributed by atoms with E-state index in [1.165, 1.54) is 12.0 Å². The number of esters is 1. The Labute approximate surface area is 122 Å². The summed E-state index contributed by atoms with van der Waals surface area (Å²) >= 11 is 1.67. The van der Waals surface area contributed by atoms with Crippen molar-refractivity contribution in [1.82, 2.24) is 4.98 Å². The molecule has 2 heterocycles. The van der Waals surface area contributed by atoms with Gasteiger partial charge in [-0.2, -0.15) is 0 Å². The molecule has 0 spiro atoms. The third kappa shape index (κ3) is 2.75. The Morgan fingerprint density at radius 2 is 2.20 bits per heavy atom. The minimum atomic E-state index is -0.469. The van der Waals surface area contributed by atoms with E-state index in [1.54, 1.807) is 23.5 Å². The fourth-order valence-corrected chi connectivity index (χ4v) is 2.69. The van der Waals surface area contributed by atoms with Crippen LogP contribution in [0.3, 0.4) is 0 Å². The minimum absolute atomic E-state index is 0.123. The van der Waals surface area contributed by atoms with Gasteiger partial charge in [0, 0.05) is 11.9 Å². The fourth-order valence-electron chi connectivity index (χ4n) is 1.86. The number of rotatable bonds is 4. The molecule has 0 fully saturated rings. The summed E-state index contributed by atoms with van der Waals surface area (Å²) in [6.45, 7) is 2.07. The lowest BCUT2D eigenvalue weighted by Crippen LogP contribution is -2.24. The van der Waals surface area contributed by atoms with Crippen molar-refractivity contribution < 1.29 is 9.53 Å². The SMILES string of the molecule is COC(=O)c1ccc(N)c(N(C)C(C)c2cccs2)n1. The second-order valence-corrected chi connectivity index (χ2v) is 5.38. The smallest absolute Gasteiger partial charge is 0.356 e. The molecule has 2 aromatic heterocycles. The number of hydrogen-bond acceptors (Lipinski definition) is 6. The van der Waals surface area contributed by atoms with Crippen molar-refractivity contribution in [2.24, 2.45) is 0 Å². The summed E-state index contributed by atoms with van der Waals surface area (Å²) in [4.78, 5) is 19.0. The van der Waals surface area contributed by atoms with Crippen molar-refractivity contribution in [2.45, 2.75) is 13.0 Å². The highest BCUT2D eigenvalue weighted by Crippen LogP contribution is 2.30. The molecule has 0 saturated heterocycles. The highest BCUT2D eigenvalue weighted by atomic mass is 32.1. The number of aromatic nitrogens is 1. The van der Waals surface area contributed by atoms with E-state index in [2.05, 4.69) is 22.7 Å². The van der Waals surface area contributed by atoms with Crippen LogP contribution in [0.15, 0.2) is 29.6 Å². The van der Waals surface area contributed by atoms with Gasteiger partial charge in [0.1, 0.15) is 0 Å². The number of thiophene rings is 1. The fraction of sp³-hybridized carbons (Fsp3) is 0.286. The van der Waals surface area contributed by atoms with Crippen LogP contribution < -0.4 is 10.6 Å². The Balaban J connectivity index is 2.33. The van der Waals surface area contributed by atoms with Crippen LogP contribution in [0.5, 0.6) is 0 Å². The topological polar surface area (TPSA) is 68.5 Å². The molecule has 6 heteroatoms. The number of nitrogen functional groups attached to an aromatic ring is 1. The number of nitrogens with two attached hydrogens (primary N) is 1. The monoisotopic (exact) mass is 291 g/mol. The lowest BCUT2D eigenvalue weighted by molar-refractivity contribution is 0.0594. The molecule has 0 amide bonds. The molecule has 1 atom stereocenters. The lowest BCUT2D eigenvalue weighted by Gasteiger charge is -2.26. The lowest BCUT2D eigenvalue weighted by atomic mass is 10.2. The third-order valence-electron chi connectivity index (χ3n) is 3.17. The molecule has 1 unspecified atom stereocenters. The standard InChI is InChI=1S/C14H17N3O2S/c1-9(12-5-4-8-20-12)17(2)13-10(15)6-7-11(16-13)14(18)19-3/h4-9H,15H2,1-3H3. The van der Waals surface area contributed by atoms with Gasteiger partial charge in [0.25, 0.3) is 0 Å². The van der Waals surface area contributed by atoms with E-state index in [4.69, 9.17) is 5.73 Å². The van der Waals surface area contributed by atoms with Crippen LogP contribution in [-0.2, 0) is 4.74 Å². The van der Waals surface area contributed by atoms with Crippen LogP contribution in [-0.4, -0.2) is 25.1 Å². The quantitative estimate of drug-likeness (QED) is 0.877. The van der Waals surface area contributed by atoms with E-state index in [0.29, 0.717) is 11.5 Å². The van der Waals surface area contributed by atoms with Crippen molar-refractivity contribution in [3.05, 3.63) is 40.2 Å². The average molecular weight is 291 g/mol. The first-order chi connectivity index (χ1) is 9.54. The van der Waals surface area contributed by atoms with E-state index >= 15 is 0 Å². The molecule has 5 nitrogen and oxygen atoms in total. The predicted octanol–water partition coefficient (Wildman–Crippen LogP) is 2.71. The van der Waals surface area contributed by atoms with Crippen LogP contribution in [0.2, 0.25) is 0 Å². The molecule has 0 aliphatic rings. The zero-order valence-corrected chi connectivity index (χ0v) is 12.5. The maximum Gasteiger partial charge on any atom is 0.356 e. The van der Waals surface area contributed by atoms with E-state index in [9.17, 15) is 4.79 Å². The van der Waals surface area contributed by atoms with Gasteiger partial charge in [0.15, 0.2) is 11.5 Å². The molecule has 0 aromatic carbocycles. The maximum atomic E-state index is 11.6. The molecule has 2 rings (SSSR count). The van der Waals surface area contributed by atoms with Crippen LogP contribution in [0.1, 0.15) is 28.3 Å². The molecule has 106 valence electrons. The minimum Gasteiger partial charge on any atom is -0.464 e. The molecular weight excluding hydrogens is 274 g/mol. The molecule has 0 aliphatic carbocycles. The zero-order valence-electron chi connectivity index (χ0n) is 11.7. The van der Waals surface area contributed by atoms with Gasteiger partial charge in [0.05, 0.1) is 18.8 Å². The van der Waals surface area contributed by atoms with Crippen molar-refractivity contribution >= 4 is 28.8 Å². The summed E-state index contributed by atoms with van der Waals surface area (Å²) in [6, 6.07) is 7.43. The number of pyridine rings is 1. The molecular formula is C14H17N3O2S. The molecule has 0 bridgehead atoms. The predicted molar refractivity (Wildman–Crippen MR) is 81.1 cm³/mol. The Morgan fingerprint density at radius 1 is 1.45 bits per heavy atom. The van der Waals surface area contributed by atoms with Gasteiger partial charge < -0.3 is 15.4 Å².